The summed E-state index contributed by atoms with van der Waals surface area (Å²) in [5.41, 5.74) is 18.4. The van der Waals surface area contributed by atoms with Crippen LogP contribution in [0.3, 0.4) is 0 Å². The summed E-state index contributed by atoms with van der Waals surface area (Å²) in [4.78, 5) is 3.76. The van der Waals surface area contributed by atoms with Crippen LogP contribution in [-0.4, -0.2) is 4.98 Å². The summed E-state index contributed by atoms with van der Waals surface area (Å²) in [6.07, 6.45) is 10.3. The third kappa shape index (κ3) is 44.8. The van der Waals surface area contributed by atoms with E-state index >= 15 is 0 Å². The van der Waals surface area contributed by atoms with Crippen molar-refractivity contribution in [2.45, 2.75) is 324 Å². The van der Waals surface area contributed by atoms with Crippen molar-refractivity contribution in [1.82, 2.24) is 4.98 Å². The first-order valence-electron chi connectivity index (χ1n) is 46.7. The fourth-order valence-corrected chi connectivity index (χ4v) is 14.8. The van der Waals surface area contributed by atoms with Gasteiger partial charge in [-0.1, -0.05) is 366 Å². The molecule has 10 aromatic carbocycles. The number of aryl methyl sites for hydroxylation is 6. The smallest absolute Gasteiger partial charge is 0.159 e. The fourth-order valence-electron chi connectivity index (χ4n) is 13.6. The number of benzene rings is 10. The summed E-state index contributed by atoms with van der Waals surface area (Å²) < 4.78 is 118. The molecular weight excluding hydrogens is 1830 g/mol. The molecule has 13 heteroatoms. The zero-order chi connectivity index (χ0) is 98.7. The molecule has 1 nitrogen and oxygen atoms in total. The van der Waals surface area contributed by atoms with Gasteiger partial charge in [0.1, 0.15) is 39.5 Å². The normalized spacial score (nSPS) is 13.0. The van der Waals surface area contributed by atoms with Crippen molar-refractivity contribution in [3.05, 3.63) is 378 Å². The van der Waals surface area contributed by atoms with Crippen molar-refractivity contribution in [1.29, 1.82) is 0 Å². The SMILES string of the molecule is CC(C)c1ccc(F)c(Br)c1.CC(C)c1ccc(F)c(F)c1.CC(C)c1cccc(Br)c1.CC(C)c1cccc(C2CC2)c1.CC(C)c1ccnc(Br)c1F.CC1CCCC(C(C)C)C1.Cc1cc(C(C)C)ccc1F.Cc1cc(C(C)C)ccc1F.Cc1cccc(C(C)C)c1.Cc1cccc(C(C)C)c1F.Cc1cccc(C(C)C)c1F.Cc1cccc(C(C)C)c1F. The lowest BCUT2D eigenvalue weighted by atomic mass is 9.77. The molecule has 1 heterocycles. The fraction of sp³-hybridized carbons (Fsp3) is 0.444. The summed E-state index contributed by atoms with van der Waals surface area (Å²) >= 11 is 9.60. The zero-order valence-corrected chi connectivity index (χ0v) is 88.9. The van der Waals surface area contributed by atoms with Crippen molar-refractivity contribution >= 4 is 47.8 Å². The van der Waals surface area contributed by atoms with Gasteiger partial charge in [-0.2, -0.15) is 0 Å². The lowest BCUT2D eigenvalue weighted by Gasteiger charge is -2.29. The molecule has 0 saturated heterocycles. The van der Waals surface area contributed by atoms with E-state index in [1.807, 2.05) is 148 Å². The Morgan fingerprint density at radius 1 is 0.285 bits per heavy atom. The van der Waals surface area contributed by atoms with Gasteiger partial charge >= 0.3 is 0 Å². The Hall–Kier alpha value is -7.84. The highest BCUT2D eigenvalue weighted by molar-refractivity contribution is 9.11. The number of hydrogen-bond acceptors (Lipinski definition) is 1. The monoisotopic (exact) mass is 1980 g/mol. The minimum absolute atomic E-state index is 0.0532. The molecule has 2 unspecified atom stereocenters. The van der Waals surface area contributed by atoms with Gasteiger partial charge in [0.25, 0.3) is 0 Å². The molecule has 2 fully saturated rings. The molecular formula is C117H155Br3F9N. The lowest BCUT2D eigenvalue weighted by Crippen LogP contribution is -2.17. The van der Waals surface area contributed by atoms with Crippen LogP contribution in [0.5, 0.6) is 0 Å². The number of halogens is 12. The molecule has 0 spiro atoms. The maximum absolute atomic E-state index is 13.3. The minimum atomic E-state index is -0.783. The molecule has 0 aliphatic heterocycles. The Labute approximate surface area is 806 Å². The van der Waals surface area contributed by atoms with E-state index in [9.17, 15) is 39.5 Å². The van der Waals surface area contributed by atoms with Crippen LogP contribution < -0.4 is 0 Å². The van der Waals surface area contributed by atoms with Gasteiger partial charge in [-0.3, -0.25) is 0 Å². The van der Waals surface area contributed by atoms with E-state index in [-0.39, 0.29) is 70.3 Å². The molecule has 130 heavy (non-hydrogen) atoms. The molecule has 2 aliphatic rings. The first-order valence-corrected chi connectivity index (χ1v) is 49.1. The second-order valence-electron chi connectivity index (χ2n) is 38.2. The van der Waals surface area contributed by atoms with Gasteiger partial charge in [0.05, 0.1) is 4.47 Å². The third-order valence-electron chi connectivity index (χ3n) is 22.7. The van der Waals surface area contributed by atoms with Crippen LogP contribution in [0.4, 0.5) is 39.5 Å². The van der Waals surface area contributed by atoms with Gasteiger partial charge in [0.2, 0.25) is 0 Å². The predicted molar refractivity (Wildman–Crippen MR) is 553 cm³/mol. The highest BCUT2D eigenvalue weighted by Gasteiger charge is 2.24. The van der Waals surface area contributed by atoms with Crippen LogP contribution in [0.25, 0.3) is 0 Å². The Morgan fingerprint density at radius 3 is 0.931 bits per heavy atom. The average Bonchev–Trinajstić information content (AvgIpc) is 1.69. The van der Waals surface area contributed by atoms with Crippen LogP contribution >= 0.6 is 47.8 Å². The molecule has 11 aromatic rings. The Kier molecular flexibility index (Phi) is 55.6. The predicted octanol–water partition coefficient (Wildman–Crippen LogP) is 40.0. The zero-order valence-electron chi connectivity index (χ0n) is 84.1. The Bertz CT molecular complexity index is 4560. The number of pyridine rings is 1. The molecule has 2 aliphatic carbocycles. The molecule has 2 atom stereocenters. The van der Waals surface area contributed by atoms with E-state index < -0.39 is 11.6 Å². The van der Waals surface area contributed by atoms with Crippen LogP contribution in [0.1, 0.15) is 383 Å². The summed E-state index contributed by atoms with van der Waals surface area (Å²) in [6.45, 7) is 63.9. The van der Waals surface area contributed by atoms with Crippen molar-refractivity contribution in [2.75, 3.05) is 0 Å². The van der Waals surface area contributed by atoms with Gasteiger partial charge < -0.3 is 0 Å². The molecule has 0 N–H and O–H groups in total. The van der Waals surface area contributed by atoms with Crippen molar-refractivity contribution in [3.8, 4) is 0 Å². The summed E-state index contributed by atoms with van der Waals surface area (Å²) in [7, 11) is 0. The van der Waals surface area contributed by atoms with Crippen molar-refractivity contribution in [3.63, 3.8) is 0 Å². The minimum Gasteiger partial charge on any atom is -0.246 e. The topological polar surface area (TPSA) is 12.9 Å². The molecule has 712 valence electrons. The quantitative estimate of drug-likeness (QED) is 0.0828. The lowest BCUT2D eigenvalue weighted by molar-refractivity contribution is 0.226. The molecule has 0 radical (unpaired) electrons. The molecule has 2 saturated carbocycles. The van der Waals surface area contributed by atoms with Crippen molar-refractivity contribution < 1.29 is 39.5 Å². The van der Waals surface area contributed by atoms with Crippen LogP contribution in [0, 0.1) is 112 Å². The van der Waals surface area contributed by atoms with Gasteiger partial charge in [0, 0.05) is 10.7 Å². The van der Waals surface area contributed by atoms with E-state index in [1.54, 1.807) is 76.7 Å². The van der Waals surface area contributed by atoms with Crippen molar-refractivity contribution in [2.24, 2.45) is 17.8 Å². The van der Waals surface area contributed by atoms with E-state index in [4.69, 9.17) is 0 Å². The molecule has 0 amide bonds. The average molecular weight is 1990 g/mol. The van der Waals surface area contributed by atoms with Gasteiger partial charge in [-0.15, -0.1) is 0 Å². The van der Waals surface area contributed by atoms with Crippen LogP contribution in [0.15, 0.2) is 226 Å². The number of hydrogen-bond donors (Lipinski definition) is 0. The Balaban J connectivity index is 0.000000480. The van der Waals surface area contributed by atoms with E-state index in [1.165, 1.54) is 101 Å². The summed E-state index contributed by atoms with van der Waals surface area (Å²) in [6, 6.07) is 64.1. The van der Waals surface area contributed by atoms with E-state index in [0.717, 1.165) is 85.4 Å². The maximum Gasteiger partial charge on any atom is 0.159 e. The van der Waals surface area contributed by atoms with E-state index in [2.05, 4.69) is 230 Å². The van der Waals surface area contributed by atoms with Gasteiger partial charge in [0.15, 0.2) is 17.5 Å². The standard InChI is InChI=1S/C12H16.5C10H13F.C10H20.C10H14.C9H10BrF.C9H11Br.C9H10F2.C8H9BrFN/c1-9(2)11-4-3-5-12(8-11)10-6-7-10;2*1-7(2)9-4-5-10(11)8(3)6-9;3*1-7(2)9-6-4-5-8(3)10(9)11;2*1-8(2)10-6-4-5-9(3)7-10;1-6(2)7-3-4-9(11)8(10)5-7;1-7(2)8-4-3-5-9(10)6-8;1-6(2)7-3-4-8(10)9(11)5-7;1-5(2)6-3-4-11-8(9)7(6)10/h3-5,8-10H,6-7H2,1-2H3;5*4-7H,1-3H3;8-10H,4-7H2,1-3H3;4-8H,1-3H3;3-6H,1-2H3;3-7H,1-2H3;3-6H,1-2H3;3-5H,1-2H3. The highest BCUT2D eigenvalue weighted by Crippen LogP contribution is 2.41. The second kappa shape index (κ2) is 61.1. The maximum atomic E-state index is 13.3. The summed E-state index contributed by atoms with van der Waals surface area (Å²) in [5.74, 6) is 6.07. The van der Waals surface area contributed by atoms with Gasteiger partial charge in [-0.25, -0.2) is 44.5 Å². The van der Waals surface area contributed by atoms with Crippen LogP contribution in [0.2, 0.25) is 0 Å². The number of nitrogens with zero attached hydrogens (tertiary/aromatic N) is 1. The molecule has 0 bridgehead atoms. The number of aromatic nitrogens is 1. The second-order valence-corrected chi connectivity index (χ2v) is 40.7. The highest BCUT2D eigenvalue weighted by atomic mass is 79.9. The molecule has 13 rings (SSSR count). The van der Waals surface area contributed by atoms with Gasteiger partial charge in [-0.05, 0) is 331 Å². The first kappa shape index (κ1) is 118. The van der Waals surface area contributed by atoms with E-state index in [0.29, 0.717) is 50.1 Å². The van der Waals surface area contributed by atoms with Crippen LogP contribution in [-0.2, 0) is 0 Å². The third-order valence-corrected chi connectivity index (χ3v) is 24.4. The molecule has 1 aromatic heterocycles. The largest absolute Gasteiger partial charge is 0.246 e. The summed E-state index contributed by atoms with van der Waals surface area (Å²) in [5, 5.41) is 0. The Morgan fingerprint density at radius 2 is 0.623 bits per heavy atom. The number of rotatable bonds is 13. The first-order chi connectivity index (χ1) is 60.8.